The number of hydrogen-bond acceptors (Lipinski definition) is 5. The summed E-state index contributed by atoms with van der Waals surface area (Å²) in [5.41, 5.74) is 2.44. The van der Waals surface area contributed by atoms with E-state index in [0.29, 0.717) is 17.2 Å². The first-order chi connectivity index (χ1) is 14.8. The average molecular weight is 395 g/mol. The topological polar surface area (TPSA) is 65.5 Å². The van der Waals surface area contributed by atoms with Crippen molar-refractivity contribution >= 4 is 16.9 Å². The molecule has 0 bridgehead atoms. The second-order valence-corrected chi connectivity index (χ2v) is 6.77. The van der Waals surface area contributed by atoms with Crippen LogP contribution >= 0.6 is 0 Å². The fourth-order valence-corrected chi connectivity index (χ4v) is 3.21. The van der Waals surface area contributed by atoms with Gasteiger partial charge in [-0.3, -0.25) is 0 Å². The van der Waals surface area contributed by atoms with Crippen molar-refractivity contribution in [2.75, 3.05) is 0 Å². The maximum Gasteiger partial charge on any atom is 0.361 e. The number of aromatic nitrogens is 1. The SMILES string of the molecule is O=C(OCc1ccccc1)c1nc(-c2ccccc2)oc1-c1cc2ccccc2o1. The van der Waals surface area contributed by atoms with E-state index in [9.17, 15) is 4.79 Å². The Morgan fingerprint density at radius 3 is 2.30 bits per heavy atom. The molecule has 0 aliphatic carbocycles. The molecular formula is C25H17NO4. The maximum absolute atomic E-state index is 12.9. The van der Waals surface area contributed by atoms with Gasteiger partial charge in [-0.15, -0.1) is 0 Å². The van der Waals surface area contributed by atoms with Gasteiger partial charge < -0.3 is 13.6 Å². The van der Waals surface area contributed by atoms with Gasteiger partial charge in [0.05, 0.1) is 0 Å². The van der Waals surface area contributed by atoms with Gasteiger partial charge in [0.1, 0.15) is 12.2 Å². The minimum absolute atomic E-state index is 0.0869. The predicted molar refractivity (Wildman–Crippen MR) is 113 cm³/mol. The lowest BCUT2D eigenvalue weighted by Gasteiger charge is -2.03. The molecule has 30 heavy (non-hydrogen) atoms. The molecule has 0 N–H and O–H groups in total. The van der Waals surface area contributed by atoms with E-state index in [1.807, 2.05) is 91.0 Å². The van der Waals surface area contributed by atoms with Crippen LogP contribution in [-0.4, -0.2) is 11.0 Å². The Morgan fingerprint density at radius 2 is 1.53 bits per heavy atom. The highest BCUT2D eigenvalue weighted by molar-refractivity contribution is 5.95. The highest BCUT2D eigenvalue weighted by atomic mass is 16.5. The van der Waals surface area contributed by atoms with Crippen molar-refractivity contribution in [2.45, 2.75) is 6.61 Å². The second-order valence-electron chi connectivity index (χ2n) is 6.77. The molecule has 5 rings (SSSR count). The number of rotatable bonds is 5. The molecular weight excluding hydrogens is 378 g/mol. The quantitative estimate of drug-likeness (QED) is 0.336. The number of esters is 1. The molecule has 0 fully saturated rings. The number of fused-ring (bicyclic) bond motifs is 1. The number of oxazole rings is 1. The van der Waals surface area contributed by atoms with Gasteiger partial charge in [-0.25, -0.2) is 9.78 Å². The molecule has 2 heterocycles. The van der Waals surface area contributed by atoms with Crippen LogP contribution in [-0.2, 0) is 11.3 Å². The molecule has 0 amide bonds. The first-order valence-electron chi connectivity index (χ1n) is 9.54. The van der Waals surface area contributed by atoms with Crippen molar-refractivity contribution in [1.82, 2.24) is 4.98 Å². The van der Waals surface area contributed by atoms with Crippen LogP contribution in [0.3, 0.4) is 0 Å². The van der Waals surface area contributed by atoms with E-state index < -0.39 is 5.97 Å². The summed E-state index contributed by atoms with van der Waals surface area (Å²) in [7, 11) is 0. The molecule has 0 aliphatic rings. The molecule has 5 nitrogen and oxygen atoms in total. The molecule has 0 unspecified atom stereocenters. The number of benzene rings is 3. The number of para-hydroxylation sites is 1. The van der Waals surface area contributed by atoms with Gasteiger partial charge in [0, 0.05) is 10.9 Å². The van der Waals surface area contributed by atoms with Crippen LogP contribution in [0.25, 0.3) is 33.9 Å². The lowest BCUT2D eigenvalue weighted by molar-refractivity contribution is 0.0466. The minimum Gasteiger partial charge on any atom is -0.456 e. The summed E-state index contributed by atoms with van der Waals surface area (Å²) in [5.74, 6) is 0.443. The van der Waals surface area contributed by atoms with E-state index in [-0.39, 0.29) is 18.1 Å². The van der Waals surface area contributed by atoms with Crippen molar-refractivity contribution in [3.63, 3.8) is 0 Å². The van der Waals surface area contributed by atoms with Crippen LogP contribution in [0, 0.1) is 0 Å². The third-order valence-electron chi connectivity index (χ3n) is 4.70. The smallest absolute Gasteiger partial charge is 0.361 e. The van der Waals surface area contributed by atoms with Crippen molar-refractivity contribution in [1.29, 1.82) is 0 Å². The van der Waals surface area contributed by atoms with Gasteiger partial charge in [0.25, 0.3) is 0 Å². The average Bonchev–Trinajstić information content (AvgIpc) is 3.43. The Hall–Kier alpha value is -4.12. The third-order valence-corrected chi connectivity index (χ3v) is 4.70. The lowest BCUT2D eigenvalue weighted by Crippen LogP contribution is -2.07. The van der Waals surface area contributed by atoms with Gasteiger partial charge >= 0.3 is 5.97 Å². The van der Waals surface area contributed by atoms with Crippen LogP contribution in [0.1, 0.15) is 16.1 Å². The maximum atomic E-state index is 12.9. The largest absolute Gasteiger partial charge is 0.456 e. The number of carbonyl (C=O) groups excluding carboxylic acids is 1. The summed E-state index contributed by atoms with van der Waals surface area (Å²) in [6.07, 6.45) is 0. The summed E-state index contributed by atoms with van der Waals surface area (Å²) in [6.45, 7) is 0.146. The molecule has 146 valence electrons. The third kappa shape index (κ3) is 3.49. The number of carbonyl (C=O) groups is 1. The van der Waals surface area contributed by atoms with Gasteiger partial charge in [-0.1, -0.05) is 66.7 Å². The molecule has 0 saturated heterocycles. The molecule has 5 heteroatoms. The van der Waals surface area contributed by atoms with Crippen molar-refractivity contribution < 1.29 is 18.4 Å². The van der Waals surface area contributed by atoms with Gasteiger partial charge in [-0.05, 0) is 29.8 Å². The molecule has 0 radical (unpaired) electrons. The summed E-state index contributed by atoms with van der Waals surface area (Å²) in [5, 5.41) is 0.911. The van der Waals surface area contributed by atoms with E-state index in [1.165, 1.54) is 0 Å². The number of furan rings is 1. The molecule has 2 aromatic heterocycles. The highest BCUT2D eigenvalue weighted by Crippen LogP contribution is 2.34. The summed E-state index contributed by atoms with van der Waals surface area (Å²) in [6, 6.07) is 28.3. The fourth-order valence-electron chi connectivity index (χ4n) is 3.21. The van der Waals surface area contributed by atoms with Gasteiger partial charge in [0.2, 0.25) is 11.7 Å². The fraction of sp³-hybridized carbons (Fsp3) is 0.0400. The monoisotopic (exact) mass is 395 g/mol. The summed E-state index contributed by atoms with van der Waals surface area (Å²) in [4.78, 5) is 17.3. The Kier molecular flexibility index (Phi) is 4.62. The van der Waals surface area contributed by atoms with E-state index in [4.69, 9.17) is 13.6 Å². The molecule has 0 aliphatic heterocycles. The normalized spacial score (nSPS) is 10.9. The van der Waals surface area contributed by atoms with Crippen LogP contribution < -0.4 is 0 Å². The Bertz CT molecular complexity index is 1270. The van der Waals surface area contributed by atoms with E-state index in [2.05, 4.69) is 4.98 Å². The zero-order valence-electron chi connectivity index (χ0n) is 15.9. The first-order valence-corrected chi connectivity index (χ1v) is 9.54. The first kappa shape index (κ1) is 17.9. The molecule has 3 aromatic carbocycles. The zero-order valence-corrected chi connectivity index (χ0v) is 15.9. The lowest BCUT2D eigenvalue weighted by atomic mass is 10.2. The molecule has 0 atom stereocenters. The van der Waals surface area contributed by atoms with Crippen molar-refractivity contribution in [3.8, 4) is 23.0 Å². The molecule has 5 aromatic rings. The van der Waals surface area contributed by atoms with Crippen LogP contribution in [0.5, 0.6) is 0 Å². The predicted octanol–water partition coefficient (Wildman–Crippen LogP) is 6.11. The summed E-state index contributed by atoms with van der Waals surface area (Å²) < 4.78 is 17.4. The van der Waals surface area contributed by atoms with E-state index in [0.717, 1.165) is 16.5 Å². The number of hydrogen-bond donors (Lipinski definition) is 0. The Morgan fingerprint density at radius 1 is 0.833 bits per heavy atom. The van der Waals surface area contributed by atoms with Gasteiger partial charge in [0.15, 0.2) is 11.5 Å². The Balaban J connectivity index is 1.54. The van der Waals surface area contributed by atoms with Crippen LogP contribution in [0.4, 0.5) is 0 Å². The summed E-state index contributed by atoms with van der Waals surface area (Å²) >= 11 is 0. The standard InChI is InChI=1S/C25H17NO4/c27-25(28-16-17-9-3-1-4-10-17)22-23(21-15-19-13-7-8-14-20(19)29-21)30-24(26-22)18-11-5-2-6-12-18/h1-15H,16H2. The van der Waals surface area contributed by atoms with Crippen molar-refractivity contribution in [2.24, 2.45) is 0 Å². The number of ether oxygens (including phenoxy) is 1. The zero-order chi connectivity index (χ0) is 20.3. The Labute approximate surface area is 172 Å². The van der Waals surface area contributed by atoms with Crippen molar-refractivity contribution in [3.05, 3.63) is 102 Å². The van der Waals surface area contributed by atoms with E-state index >= 15 is 0 Å². The second kappa shape index (κ2) is 7.72. The minimum atomic E-state index is -0.569. The highest BCUT2D eigenvalue weighted by Gasteiger charge is 2.26. The van der Waals surface area contributed by atoms with E-state index in [1.54, 1.807) is 0 Å². The van der Waals surface area contributed by atoms with Crippen LogP contribution in [0.15, 0.2) is 99.8 Å². The molecule has 0 spiro atoms. The molecule has 0 saturated carbocycles. The van der Waals surface area contributed by atoms with Gasteiger partial charge in [-0.2, -0.15) is 0 Å². The van der Waals surface area contributed by atoms with Crippen LogP contribution in [0.2, 0.25) is 0 Å². The number of nitrogens with zero attached hydrogens (tertiary/aromatic N) is 1.